The predicted molar refractivity (Wildman–Crippen MR) is 57.9 cm³/mol. The van der Waals surface area contributed by atoms with Crippen molar-refractivity contribution in [1.82, 2.24) is 0 Å². The van der Waals surface area contributed by atoms with Crippen LogP contribution in [0.4, 0.5) is 5.69 Å². The van der Waals surface area contributed by atoms with Crippen LogP contribution in [0.5, 0.6) is 5.75 Å². The molecule has 1 rings (SSSR count). The summed E-state index contributed by atoms with van der Waals surface area (Å²) in [4.78, 5) is 21.5. The molecule has 1 aromatic carbocycles. The minimum Gasteiger partial charge on any atom is -0.506 e. The first-order valence-corrected chi connectivity index (χ1v) is 4.78. The van der Waals surface area contributed by atoms with Crippen molar-refractivity contribution in [2.75, 3.05) is 5.32 Å². The smallest absolute Gasteiger partial charge is 0.293 e. The molecule has 0 fully saturated rings. The maximum absolute atomic E-state index is 11.2. The molecule has 0 aromatic heterocycles. The fraction of sp³-hybridized carbons (Fsp3) is 0.273. The van der Waals surface area contributed by atoms with E-state index in [1.807, 2.05) is 0 Å². The number of nitrogens with one attached hydrogen (secondary N) is 1. The van der Waals surface area contributed by atoms with Gasteiger partial charge in [-0.15, -0.1) is 0 Å². The van der Waals surface area contributed by atoms with Crippen LogP contribution < -0.4 is 5.32 Å². The van der Waals surface area contributed by atoms with Crippen LogP contribution >= 0.6 is 0 Å². The van der Waals surface area contributed by atoms with Gasteiger partial charge in [0.2, 0.25) is 5.91 Å². The number of anilines is 1. The molecular formula is C11H13NO4. The number of aromatic hydroxyl groups is 1. The van der Waals surface area contributed by atoms with Gasteiger partial charge in [0.25, 0.3) is 6.45 Å². The minimum absolute atomic E-state index is 0.0623. The van der Waals surface area contributed by atoms with E-state index >= 15 is 0 Å². The fourth-order valence-electron chi connectivity index (χ4n) is 1.12. The van der Waals surface area contributed by atoms with Crippen LogP contribution in [0.1, 0.15) is 20.3 Å². The van der Waals surface area contributed by atoms with Gasteiger partial charge in [0.15, 0.2) is 1.37 Å². The number of hydrogen-bond donors (Lipinski definition) is 2. The van der Waals surface area contributed by atoms with Crippen LogP contribution in [-0.4, -0.2) is 17.5 Å². The van der Waals surface area contributed by atoms with E-state index in [1.165, 1.54) is 12.1 Å². The standard InChI is InChI=1S/C11H13NO4/c1-2-11(15)12-9-5-8(6-16-7-13)3-4-10(9)14/h3-5,7,14H,2,6H2,1H3,(H,12,15)/i7D. The number of ether oxygens (including phenoxy) is 1. The first kappa shape index (κ1) is 10.5. The van der Waals surface area contributed by atoms with Crippen LogP contribution in [0.25, 0.3) is 0 Å². The van der Waals surface area contributed by atoms with Crippen LogP contribution in [-0.2, 0) is 20.9 Å². The topological polar surface area (TPSA) is 75.6 Å². The third-order valence-electron chi connectivity index (χ3n) is 1.95. The molecule has 0 saturated carbocycles. The highest BCUT2D eigenvalue weighted by Gasteiger charge is 2.05. The van der Waals surface area contributed by atoms with E-state index in [0.29, 0.717) is 12.0 Å². The Hall–Kier alpha value is -2.04. The van der Waals surface area contributed by atoms with Gasteiger partial charge >= 0.3 is 0 Å². The third-order valence-corrected chi connectivity index (χ3v) is 1.95. The van der Waals surface area contributed by atoms with E-state index in [9.17, 15) is 14.7 Å². The Labute approximate surface area is 94.4 Å². The van der Waals surface area contributed by atoms with Crippen molar-refractivity contribution in [3.63, 3.8) is 0 Å². The van der Waals surface area contributed by atoms with Gasteiger partial charge < -0.3 is 15.2 Å². The Kier molecular flexibility index (Phi) is 3.76. The normalized spacial score (nSPS) is 10.4. The van der Waals surface area contributed by atoms with Gasteiger partial charge in [-0.25, -0.2) is 0 Å². The Morgan fingerprint density at radius 1 is 1.69 bits per heavy atom. The van der Waals surface area contributed by atoms with Gasteiger partial charge in [0.05, 0.1) is 5.69 Å². The largest absolute Gasteiger partial charge is 0.506 e. The number of hydrogen-bond acceptors (Lipinski definition) is 4. The van der Waals surface area contributed by atoms with Crippen molar-refractivity contribution < 1.29 is 20.8 Å². The number of carbonyl (C=O) groups excluding carboxylic acids is 2. The maximum atomic E-state index is 11.2. The molecule has 5 heteroatoms. The third kappa shape index (κ3) is 3.27. The predicted octanol–water partition coefficient (Wildman–Crippen LogP) is 1.41. The molecule has 0 aliphatic rings. The molecule has 2 N–H and O–H groups in total. The molecule has 0 aliphatic heterocycles. The zero-order valence-electron chi connectivity index (χ0n) is 9.82. The molecule has 0 saturated heterocycles. The average molecular weight is 224 g/mol. The highest BCUT2D eigenvalue weighted by Crippen LogP contribution is 2.24. The van der Waals surface area contributed by atoms with Crippen LogP contribution in [0.15, 0.2) is 18.2 Å². The quantitative estimate of drug-likeness (QED) is 0.599. The van der Waals surface area contributed by atoms with Gasteiger partial charge in [-0.3, -0.25) is 9.59 Å². The van der Waals surface area contributed by atoms with Gasteiger partial charge in [0, 0.05) is 6.42 Å². The van der Waals surface area contributed by atoms with E-state index in [2.05, 4.69) is 10.1 Å². The Bertz CT molecular complexity index is 433. The van der Waals surface area contributed by atoms with Crippen LogP contribution in [0, 0.1) is 0 Å². The lowest BCUT2D eigenvalue weighted by atomic mass is 10.2. The second kappa shape index (κ2) is 5.75. The average Bonchev–Trinajstić information content (AvgIpc) is 2.29. The molecule has 16 heavy (non-hydrogen) atoms. The van der Waals surface area contributed by atoms with E-state index in [0.717, 1.165) is 0 Å². The summed E-state index contributed by atoms with van der Waals surface area (Å²) in [6.07, 6.45) is -0.831. The zero-order valence-corrected chi connectivity index (χ0v) is 8.82. The Morgan fingerprint density at radius 3 is 3.06 bits per heavy atom. The summed E-state index contributed by atoms with van der Waals surface area (Å²) in [5.41, 5.74) is 0.838. The summed E-state index contributed by atoms with van der Waals surface area (Å²) in [7, 11) is 0. The van der Waals surface area contributed by atoms with Crippen molar-refractivity contribution in [2.45, 2.75) is 20.0 Å². The summed E-state index contributed by atoms with van der Waals surface area (Å²) in [6, 6.07) is 4.42. The van der Waals surface area contributed by atoms with Gasteiger partial charge in [-0.1, -0.05) is 13.0 Å². The number of amides is 1. The maximum Gasteiger partial charge on any atom is 0.293 e. The molecule has 0 aliphatic carbocycles. The Balaban J connectivity index is 2.79. The van der Waals surface area contributed by atoms with Crippen molar-refractivity contribution in [2.24, 2.45) is 0 Å². The summed E-state index contributed by atoms with van der Waals surface area (Å²) in [6.45, 7) is 1.62. The second-order valence-electron chi connectivity index (χ2n) is 3.13. The molecular weight excluding hydrogens is 210 g/mol. The van der Waals surface area contributed by atoms with E-state index in [4.69, 9.17) is 1.37 Å². The lowest BCUT2D eigenvalue weighted by molar-refractivity contribution is -0.129. The highest BCUT2D eigenvalue weighted by molar-refractivity contribution is 5.92. The van der Waals surface area contributed by atoms with Crippen molar-refractivity contribution >= 4 is 18.0 Å². The molecule has 1 aromatic rings. The number of carbonyl (C=O) groups is 2. The summed E-state index contributed by atoms with van der Waals surface area (Å²) >= 11 is 0. The molecule has 0 bridgehead atoms. The van der Waals surface area contributed by atoms with Gasteiger partial charge in [-0.05, 0) is 17.7 Å². The van der Waals surface area contributed by atoms with E-state index in [1.54, 1.807) is 13.0 Å². The first-order chi connectivity index (χ1) is 8.02. The molecule has 0 spiro atoms. The summed E-state index contributed by atoms with van der Waals surface area (Å²) in [5.74, 6) is -0.289. The molecule has 86 valence electrons. The van der Waals surface area contributed by atoms with Gasteiger partial charge in [-0.2, -0.15) is 0 Å². The van der Waals surface area contributed by atoms with Crippen molar-refractivity contribution in [3.8, 4) is 5.75 Å². The van der Waals surface area contributed by atoms with Crippen LogP contribution in [0.3, 0.4) is 0 Å². The van der Waals surface area contributed by atoms with E-state index in [-0.39, 0.29) is 24.0 Å². The summed E-state index contributed by atoms with van der Waals surface area (Å²) in [5, 5.41) is 12.0. The minimum atomic E-state index is -1.13. The molecule has 0 unspecified atom stereocenters. The monoisotopic (exact) mass is 224 g/mol. The second-order valence-corrected chi connectivity index (χ2v) is 3.13. The zero-order chi connectivity index (χ0) is 12.8. The molecule has 0 atom stereocenters. The lowest BCUT2D eigenvalue weighted by Crippen LogP contribution is -2.09. The van der Waals surface area contributed by atoms with Crippen LogP contribution in [0.2, 0.25) is 0 Å². The molecule has 0 heterocycles. The number of rotatable bonds is 4. The summed E-state index contributed by atoms with van der Waals surface area (Å²) < 4.78 is 11.1. The molecule has 5 nitrogen and oxygen atoms in total. The number of phenolic OH excluding ortho intramolecular Hbond substituents is 1. The van der Waals surface area contributed by atoms with E-state index < -0.39 is 6.45 Å². The lowest BCUT2D eigenvalue weighted by Gasteiger charge is -2.08. The van der Waals surface area contributed by atoms with Crippen molar-refractivity contribution in [3.05, 3.63) is 23.8 Å². The fourth-order valence-corrected chi connectivity index (χ4v) is 1.12. The van der Waals surface area contributed by atoms with Gasteiger partial charge in [0.1, 0.15) is 12.4 Å². The number of benzene rings is 1. The van der Waals surface area contributed by atoms with Crippen molar-refractivity contribution in [1.29, 1.82) is 0 Å². The molecule has 0 radical (unpaired) electrons. The highest BCUT2D eigenvalue weighted by atomic mass is 16.5. The first-order valence-electron chi connectivity index (χ1n) is 5.28. The Morgan fingerprint density at radius 2 is 2.44 bits per heavy atom. The SMILES string of the molecule is [2H]C(=O)OCc1ccc(O)c(NC(=O)CC)c1. The molecule has 1 amide bonds. The number of phenols is 1.